The lowest BCUT2D eigenvalue weighted by molar-refractivity contribution is -0.125. The highest BCUT2D eigenvalue weighted by atomic mass is 16.2. The van der Waals surface area contributed by atoms with E-state index in [1.165, 1.54) is 0 Å². The van der Waals surface area contributed by atoms with E-state index in [9.17, 15) is 9.59 Å². The monoisotopic (exact) mass is 278 g/mol. The van der Waals surface area contributed by atoms with Crippen LogP contribution in [0.2, 0.25) is 0 Å². The van der Waals surface area contributed by atoms with Gasteiger partial charge in [0.15, 0.2) is 0 Å². The second-order valence-electron chi connectivity index (χ2n) is 4.92. The molecule has 110 valence electrons. The number of hydrogen-bond donors (Lipinski definition) is 3. The Morgan fingerprint density at radius 2 is 2.05 bits per heavy atom. The van der Waals surface area contributed by atoms with Gasteiger partial charge < -0.3 is 16.4 Å². The number of carbonyl (C=O) groups excluding carboxylic acids is 2. The van der Waals surface area contributed by atoms with Gasteiger partial charge in [-0.05, 0) is 17.5 Å². The number of rotatable bonds is 7. The smallest absolute Gasteiger partial charge is 0.239 e. The van der Waals surface area contributed by atoms with Crippen molar-refractivity contribution in [1.82, 2.24) is 15.6 Å². The molecule has 1 heterocycles. The van der Waals surface area contributed by atoms with Gasteiger partial charge in [-0.2, -0.15) is 0 Å². The van der Waals surface area contributed by atoms with Gasteiger partial charge in [-0.25, -0.2) is 0 Å². The Hall–Kier alpha value is -1.95. The number of amides is 2. The Morgan fingerprint density at radius 3 is 2.60 bits per heavy atom. The van der Waals surface area contributed by atoms with Gasteiger partial charge in [0.1, 0.15) is 0 Å². The molecule has 0 saturated heterocycles. The van der Waals surface area contributed by atoms with E-state index in [1.807, 2.05) is 18.3 Å². The van der Waals surface area contributed by atoms with Gasteiger partial charge in [-0.1, -0.05) is 19.9 Å². The van der Waals surface area contributed by atoms with E-state index in [2.05, 4.69) is 29.5 Å². The van der Waals surface area contributed by atoms with Gasteiger partial charge in [-0.15, -0.1) is 0 Å². The molecule has 1 rings (SSSR count). The predicted molar refractivity (Wildman–Crippen MR) is 76.9 cm³/mol. The van der Waals surface area contributed by atoms with Gasteiger partial charge in [-0.3, -0.25) is 14.6 Å². The number of pyridine rings is 1. The largest absolute Gasteiger partial charge is 0.354 e. The summed E-state index contributed by atoms with van der Waals surface area (Å²) < 4.78 is 0. The third-order valence-corrected chi connectivity index (χ3v) is 3.07. The summed E-state index contributed by atoms with van der Waals surface area (Å²) in [6.45, 7) is 4.55. The van der Waals surface area contributed by atoms with E-state index in [-0.39, 0.29) is 30.8 Å². The normalized spacial score (nSPS) is 12.0. The van der Waals surface area contributed by atoms with E-state index >= 15 is 0 Å². The second kappa shape index (κ2) is 8.27. The number of carbonyl (C=O) groups is 2. The van der Waals surface area contributed by atoms with Crippen molar-refractivity contribution in [3.05, 3.63) is 30.1 Å². The minimum atomic E-state index is -0.340. The van der Waals surface area contributed by atoms with Crippen molar-refractivity contribution >= 4 is 11.8 Å². The molecule has 1 aromatic heterocycles. The first kappa shape index (κ1) is 16.1. The molecule has 0 spiro atoms. The molecule has 6 heteroatoms. The number of aromatic nitrogens is 1. The van der Waals surface area contributed by atoms with E-state index in [0.29, 0.717) is 12.5 Å². The molecule has 0 aromatic carbocycles. The third-order valence-electron chi connectivity index (χ3n) is 3.07. The van der Waals surface area contributed by atoms with Crippen molar-refractivity contribution in [3.8, 4) is 0 Å². The molecule has 0 aliphatic heterocycles. The first-order valence-electron chi connectivity index (χ1n) is 6.68. The lowest BCUT2D eigenvalue weighted by atomic mass is 9.89. The Bertz CT molecular complexity index is 434. The van der Waals surface area contributed by atoms with Gasteiger partial charge >= 0.3 is 0 Å². The molecule has 0 bridgehead atoms. The van der Waals surface area contributed by atoms with E-state index in [1.54, 1.807) is 6.20 Å². The van der Waals surface area contributed by atoms with Crippen LogP contribution < -0.4 is 16.4 Å². The topological polar surface area (TPSA) is 97.1 Å². The Labute approximate surface area is 119 Å². The molecule has 0 aliphatic carbocycles. The highest BCUT2D eigenvalue weighted by Crippen LogP contribution is 2.22. The average molecular weight is 278 g/mol. The van der Waals surface area contributed by atoms with Crippen molar-refractivity contribution in [2.45, 2.75) is 19.8 Å². The van der Waals surface area contributed by atoms with Crippen molar-refractivity contribution in [1.29, 1.82) is 0 Å². The summed E-state index contributed by atoms with van der Waals surface area (Å²) >= 11 is 0. The van der Waals surface area contributed by atoms with Crippen LogP contribution in [-0.2, 0) is 9.59 Å². The fraction of sp³-hybridized carbons (Fsp3) is 0.500. The van der Waals surface area contributed by atoms with E-state index < -0.39 is 0 Å². The molecule has 2 amide bonds. The summed E-state index contributed by atoms with van der Waals surface area (Å²) in [7, 11) is 0. The summed E-state index contributed by atoms with van der Waals surface area (Å²) in [4.78, 5) is 26.7. The first-order chi connectivity index (χ1) is 9.54. The molecule has 0 radical (unpaired) electrons. The minimum Gasteiger partial charge on any atom is -0.354 e. The van der Waals surface area contributed by atoms with E-state index in [4.69, 9.17) is 5.73 Å². The zero-order valence-electron chi connectivity index (χ0n) is 11.9. The van der Waals surface area contributed by atoms with Crippen molar-refractivity contribution in [3.63, 3.8) is 0 Å². The first-order valence-corrected chi connectivity index (χ1v) is 6.68. The van der Waals surface area contributed by atoms with Crippen molar-refractivity contribution in [2.24, 2.45) is 11.7 Å². The highest BCUT2D eigenvalue weighted by Gasteiger charge is 2.17. The van der Waals surface area contributed by atoms with Crippen LogP contribution in [0.1, 0.15) is 25.3 Å². The van der Waals surface area contributed by atoms with Crippen LogP contribution in [-0.4, -0.2) is 36.4 Å². The summed E-state index contributed by atoms with van der Waals surface area (Å²) in [6.07, 6.45) is 3.54. The summed E-state index contributed by atoms with van der Waals surface area (Å²) in [5, 5.41) is 5.26. The molecule has 1 atom stereocenters. The molecule has 0 aliphatic rings. The van der Waals surface area contributed by atoms with Crippen molar-refractivity contribution < 1.29 is 9.59 Å². The Balaban J connectivity index is 2.48. The number of nitrogens with two attached hydrogens (primary N) is 1. The molecule has 1 unspecified atom stereocenters. The molecule has 20 heavy (non-hydrogen) atoms. The van der Waals surface area contributed by atoms with Gasteiger partial charge in [0.05, 0.1) is 13.1 Å². The van der Waals surface area contributed by atoms with Crippen LogP contribution in [0, 0.1) is 5.92 Å². The summed E-state index contributed by atoms with van der Waals surface area (Å²) in [6, 6.07) is 3.88. The standard InChI is InChI=1S/C14H22N4O2/c1-10(2)12(11-4-3-5-16-7-11)8-17-14(20)9-18-13(19)6-15/h3-5,7,10,12H,6,8-9,15H2,1-2H3,(H,17,20)(H,18,19). The highest BCUT2D eigenvalue weighted by molar-refractivity contribution is 5.85. The predicted octanol–water partition coefficient (Wildman–Crippen LogP) is 0.0123. The van der Waals surface area contributed by atoms with Gasteiger partial charge in [0, 0.05) is 24.9 Å². The lowest BCUT2D eigenvalue weighted by Gasteiger charge is -2.21. The van der Waals surface area contributed by atoms with Crippen LogP contribution in [0.4, 0.5) is 0 Å². The molecule has 1 aromatic rings. The van der Waals surface area contributed by atoms with Crippen LogP contribution >= 0.6 is 0 Å². The molecule has 4 N–H and O–H groups in total. The third kappa shape index (κ3) is 5.36. The SMILES string of the molecule is CC(C)C(CNC(=O)CNC(=O)CN)c1cccnc1. The summed E-state index contributed by atoms with van der Waals surface area (Å²) in [5.74, 6) is 0.00477. The lowest BCUT2D eigenvalue weighted by Crippen LogP contribution is -2.41. The number of hydrogen-bond acceptors (Lipinski definition) is 4. The molecule has 6 nitrogen and oxygen atoms in total. The summed E-state index contributed by atoms with van der Waals surface area (Å²) in [5.41, 5.74) is 6.24. The van der Waals surface area contributed by atoms with Gasteiger partial charge in [0.2, 0.25) is 11.8 Å². The van der Waals surface area contributed by atoms with E-state index in [0.717, 1.165) is 5.56 Å². The number of nitrogens with one attached hydrogen (secondary N) is 2. The molecule has 0 saturated carbocycles. The fourth-order valence-electron chi connectivity index (χ4n) is 1.87. The second-order valence-corrected chi connectivity index (χ2v) is 4.92. The number of nitrogens with zero attached hydrogens (tertiary/aromatic N) is 1. The van der Waals surface area contributed by atoms with Crippen LogP contribution in [0.15, 0.2) is 24.5 Å². The fourth-order valence-corrected chi connectivity index (χ4v) is 1.87. The molecule has 0 fully saturated rings. The quantitative estimate of drug-likeness (QED) is 0.654. The zero-order valence-corrected chi connectivity index (χ0v) is 11.9. The maximum Gasteiger partial charge on any atom is 0.239 e. The average Bonchev–Trinajstić information content (AvgIpc) is 2.45. The van der Waals surface area contributed by atoms with Crippen LogP contribution in [0.5, 0.6) is 0 Å². The van der Waals surface area contributed by atoms with Crippen LogP contribution in [0.3, 0.4) is 0 Å². The maximum atomic E-state index is 11.6. The molecular formula is C14H22N4O2. The minimum absolute atomic E-state index is 0.0477. The van der Waals surface area contributed by atoms with Gasteiger partial charge in [0.25, 0.3) is 0 Å². The zero-order chi connectivity index (χ0) is 15.0. The van der Waals surface area contributed by atoms with Crippen molar-refractivity contribution in [2.75, 3.05) is 19.6 Å². The maximum absolute atomic E-state index is 11.6. The molecular weight excluding hydrogens is 256 g/mol. The Morgan fingerprint density at radius 1 is 1.30 bits per heavy atom. The van der Waals surface area contributed by atoms with Crippen LogP contribution in [0.25, 0.3) is 0 Å². The Kier molecular flexibility index (Phi) is 6.66.